The van der Waals surface area contributed by atoms with Gasteiger partial charge in [-0.15, -0.1) is 0 Å². The number of benzene rings is 2. The molecule has 0 saturated carbocycles. The van der Waals surface area contributed by atoms with E-state index in [0.717, 1.165) is 0 Å². The van der Waals surface area contributed by atoms with Crippen molar-refractivity contribution in [3.63, 3.8) is 0 Å². The van der Waals surface area contributed by atoms with E-state index in [9.17, 15) is 22.4 Å². The Bertz CT molecular complexity index is 1400. The first-order chi connectivity index (χ1) is 16.6. The fourth-order valence-corrected chi connectivity index (χ4v) is 3.34. The topological polar surface area (TPSA) is 77.0 Å². The molecule has 0 radical (unpaired) electrons. The Labute approximate surface area is 201 Å². The maximum atomic E-state index is 14.4. The van der Waals surface area contributed by atoms with E-state index >= 15 is 0 Å². The molecule has 0 atom stereocenters. The number of ether oxygens (including phenoxy) is 1. The van der Waals surface area contributed by atoms with Gasteiger partial charge in [0.1, 0.15) is 12.1 Å². The Hall–Kier alpha value is -4.05. The Kier molecular flexibility index (Phi) is 6.65. The number of aromatic nitrogens is 3. The van der Waals surface area contributed by atoms with Crippen LogP contribution >= 0.6 is 11.6 Å². The molecular weight excluding hydrogens is 488 g/mol. The van der Waals surface area contributed by atoms with Crippen LogP contribution in [0, 0.1) is 12.7 Å². The number of hydrogen-bond donors (Lipinski definition) is 1. The van der Waals surface area contributed by atoms with Crippen LogP contribution < -0.4 is 10.1 Å². The van der Waals surface area contributed by atoms with Crippen LogP contribution in [0.3, 0.4) is 0 Å². The normalized spacial score (nSPS) is 11.3. The molecule has 0 aliphatic heterocycles. The van der Waals surface area contributed by atoms with Gasteiger partial charge in [-0.05, 0) is 48.9 Å². The van der Waals surface area contributed by atoms with Gasteiger partial charge in [0.05, 0.1) is 27.4 Å². The zero-order valence-electron chi connectivity index (χ0n) is 17.9. The van der Waals surface area contributed by atoms with Crippen LogP contribution in [-0.4, -0.2) is 20.9 Å². The highest BCUT2D eigenvalue weighted by molar-refractivity contribution is 6.31. The smallest absolute Gasteiger partial charge is 0.416 e. The minimum Gasteiger partial charge on any atom is -0.438 e. The summed E-state index contributed by atoms with van der Waals surface area (Å²) in [5, 5.41) is 1.56. The quantitative estimate of drug-likeness (QED) is 0.307. The second-order valence-corrected chi connectivity index (χ2v) is 7.71. The maximum absolute atomic E-state index is 14.4. The summed E-state index contributed by atoms with van der Waals surface area (Å²) >= 11 is 5.58. The van der Waals surface area contributed by atoms with Crippen LogP contribution in [0.2, 0.25) is 5.02 Å². The van der Waals surface area contributed by atoms with Gasteiger partial charge in [0, 0.05) is 24.1 Å². The number of anilines is 1. The molecule has 0 aliphatic rings. The summed E-state index contributed by atoms with van der Waals surface area (Å²) in [7, 11) is 0. The van der Waals surface area contributed by atoms with Crippen LogP contribution in [-0.2, 0) is 6.18 Å². The van der Waals surface area contributed by atoms with E-state index in [0.29, 0.717) is 34.7 Å². The Balaban J connectivity index is 1.63. The first kappa shape index (κ1) is 24.1. The molecule has 2 aromatic heterocycles. The minimum atomic E-state index is -4.80. The van der Waals surface area contributed by atoms with E-state index < -0.39 is 34.1 Å². The molecule has 4 aromatic rings. The fraction of sp³-hybridized carbons (Fsp3) is 0.0833. The molecule has 11 heteroatoms. The highest BCUT2D eigenvalue weighted by atomic mass is 35.5. The largest absolute Gasteiger partial charge is 0.438 e. The van der Waals surface area contributed by atoms with Gasteiger partial charge in [-0.25, -0.2) is 19.3 Å². The van der Waals surface area contributed by atoms with Gasteiger partial charge in [-0.2, -0.15) is 13.2 Å². The van der Waals surface area contributed by atoms with E-state index in [4.69, 9.17) is 16.3 Å². The lowest BCUT2D eigenvalue weighted by Crippen LogP contribution is -2.16. The molecule has 178 valence electrons. The second kappa shape index (κ2) is 9.67. The monoisotopic (exact) mass is 502 g/mol. The number of nitrogens with one attached hydrogen (secondary N) is 1. The van der Waals surface area contributed by atoms with Gasteiger partial charge < -0.3 is 10.1 Å². The minimum absolute atomic E-state index is 0.156. The van der Waals surface area contributed by atoms with Gasteiger partial charge in [0.25, 0.3) is 5.91 Å². The van der Waals surface area contributed by atoms with Gasteiger partial charge in [-0.3, -0.25) is 4.79 Å². The Morgan fingerprint density at radius 3 is 2.57 bits per heavy atom. The van der Waals surface area contributed by atoms with Gasteiger partial charge in [0.2, 0.25) is 5.88 Å². The summed E-state index contributed by atoms with van der Waals surface area (Å²) < 4.78 is 59.6. The molecule has 35 heavy (non-hydrogen) atoms. The van der Waals surface area contributed by atoms with Crippen molar-refractivity contribution in [2.45, 2.75) is 13.1 Å². The number of hydrogen-bond acceptors (Lipinski definition) is 5. The molecule has 2 heterocycles. The lowest BCUT2D eigenvalue weighted by atomic mass is 10.1. The summed E-state index contributed by atoms with van der Waals surface area (Å²) in [4.78, 5) is 24.9. The summed E-state index contributed by atoms with van der Waals surface area (Å²) in [5.41, 5.74) is -0.0943. The zero-order valence-corrected chi connectivity index (χ0v) is 18.7. The van der Waals surface area contributed by atoms with E-state index in [-0.39, 0.29) is 11.6 Å². The maximum Gasteiger partial charge on any atom is 0.416 e. The molecular formula is C24H15ClF4N4O2. The third-order valence-corrected chi connectivity index (χ3v) is 5.16. The highest BCUT2D eigenvalue weighted by Gasteiger charge is 2.33. The molecule has 2 aromatic carbocycles. The van der Waals surface area contributed by atoms with Gasteiger partial charge >= 0.3 is 6.18 Å². The van der Waals surface area contributed by atoms with Crippen LogP contribution in [0.4, 0.5) is 23.2 Å². The lowest BCUT2D eigenvalue weighted by Gasteiger charge is -2.14. The van der Waals surface area contributed by atoms with Crippen molar-refractivity contribution in [2.75, 3.05) is 5.32 Å². The van der Waals surface area contributed by atoms with E-state index in [1.807, 2.05) is 0 Å². The Morgan fingerprint density at radius 1 is 1.06 bits per heavy atom. The number of nitrogens with zero attached hydrogens (tertiary/aromatic N) is 3. The molecule has 0 unspecified atom stereocenters. The number of halogens is 5. The van der Waals surface area contributed by atoms with Crippen molar-refractivity contribution >= 4 is 23.2 Å². The van der Waals surface area contributed by atoms with Crippen molar-refractivity contribution in [1.29, 1.82) is 0 Å². The molecule has 0 saturated heterocycles. The summed E-state index contributed by atoms with van der Waals surface area (Å²) in [5.74, 6) is -1.83. The molecule has 0 spiro atoms. The number of aryl methyl sites for hydroxylation is 1. The number of pyridine rings is 1. The van der Waals surface area contributed by atoms with Crippen molar-refractivity contribution in [1.82, 2.24) is 15.0 Å². The summed E-state index contributed by atoms with van der Waals surface area (Å²) in [6.45, 7) is 1.75. The molecule has 0 fully saturated rings. The fourth-order valence-electron chi connectivity index (χ4n) is 3.13. The highest BCUT2D eigenvalue weighted by Crippen LogP contribution is 2.35. The molecule has 1 amide bonds. The molecule has 0 aliphatic carbocycles. The number of carbonyl (C=O) groups excluding carboxylic acids is 1. The van der Waals surface area contributed by atoms with Gasteiger partial charge in [0.15, 0.2) is 5.82 Å². The molecule has 4 rings (SSSR count). The summed E-state index contributed by atoms with van der Waals surface area (Å²) in [6, 6.07) is 10.5. The number of amides is 1. The van der Waals surface area contributed by atoms with Crippen LogP contribution in [0.1, 0.15) is 21.5 Å². The SMILES string of the molecule is Cc1ccc(NC(=O)c2cc(C(F)(F)F)cc(Cl)c2F)cc1Oc1ncccc1-c1ccncn1. The molecule has 1 N–H and O–H groups in total. The third-order valence-electron chi connectivity index (χ3n) is 4.88. The van der Waals surface area contributed by atoms with Gasteiger partial charge in [-0.1, -0.05) is 17.7 Å². The Morgan fingerprint density at radius 2 is 1.86 bits per heavy atom. The third kappa shape index (κ3) is 5.38. The van der Waals surface area contributed by atoms with Crippen molar-refractivity contribution in [3.8, 4) is 22.9 Å². The predicted molar refractivity (Wildman–Crippen MR) is 121 cm³/mol. The number of carbonyl (C=O) groups is 1. The van der Waals surface area contributed by atoms with Crippen LogP contribution in [0.25, 0.3) is 11.3 Å². The van der Waals surface area contributed by atoms with Crippen LogP contribution in [0.5, 0.6) is 11.6 Å². The van der Waals surface area contributed by atoms with E-state index in [2.05, 4.69) is 20.3 Å². The van der Waals surface area contributed by atoms with Crippen LogP contribution in [0.15, 0.2) is 67.3 Å². The molecule has 0 bridgehead atoms. The van der Waals surface area contributed by atoms with E-state index in [1.165, 1.54) is 24.7 Å². The van der Waals surface area contributed by atoms with Crippen molar-refractivity contribution in [2.24, 2.45) is 0 Å². The standard InChI is InChI=1S/C24H15ClF4N4O2/c1-13-4-5-15(33-22(34)17-9-14(24(27,28)29)10-18(25)21(17)26)11-20(13)35-23-16(3-2-7-31-23)19-6-8-30-12-32-19/h2-12H,1H3,(H,33,34). The van der Waals surface area contributed by atoms with Crippen molar-refractivity contribution < 1.29 is 27.1 Å². The average molecular weight is 503 g/mol. The summed E-state index contributed by atoms with van der Waals surface area (Å²) in [6.07, 6.45) is -0.325. The number of alkyl halides is 3. The van der Waals surface area contributed by atoms with E-state index in [1.54, 1.807) is 37.4 Å². The zero-order chi connectivity index (χ0) is 25.2. The first-order valence-electron chi connectivity index (χ1n) is 10.0. The lowest BCUT2D eigenvalue weighted by molar-refractivity contribution is -0.137. The molecule has 6 nitrogen and oxygen atoms in total. The number of rotatable bonds is 5. The van der Waals surface area contributed by atoms with Crippen molar-refractivity contribution in [3.05, 3.63) is 94.8 Å². The second-order valence-electron chi connectivity index (χ2n) is 7.30. The first-order valence-corrected chi connectivity index (χ1v) is 10.4. The average Bonchev–Trinajstić information content (AvgIpc) is 2.83. The predicted octanol–water partition coefficient (Wildman–Crippen LogP) is 6.70.